The van der Waals surface area contributed by atoms with Gasteiger partial charge in [-0.1, -0.05) is 68.4 Å². The van der Waals surface area contributed by atoms with Crippen LogP contribution < -0.4 is 5.32 Å². The molecule has 1 rings (SSSR count). The van der Waals surface area contributed by atoms with Crippen LogP contribution in [0.1, 0.15) is 85.0 Å². The zero-order chi connectivity index (χ0) is 21.9. The van der Waals surface area contributed by atoms with E-state index in [2.05, 4.69) is 60.8 Å². The van der Waals surface area contributed by atoms with E-state index in [0.29, 0.717) is 19.6 Å². The molecule has 0 aromatic heterocycles. The molecule has 1 atom stereocenters. The third kappa shape index (κ3) is 15.2. The van der Waals surface area contributed by atoms with Crippen molar-refractivity contribution in [2.24, 2.45) is 0 Å². The minimum absolute atomic E-state index is 0.0440. The molecule has 1 saturated heterocycles. The smallest absolute Gasteiger partial charge is 0.220 e. The van der Waals surface area contributed by atoms with Gasteiger partial charge in [0, 0.05) is 13.0 Å². The van der Waals surface area contributed by atoms with Crippen molar-refractivity contribution >= 4 is 5.91 Å². The van der Waals surface area contributed by atoms with Crippen LogP contribution in [0.25, 0.3) is 0 Å². The fourth-order valence-electron chi connectivity index (χ4n) is 3.12. The molecular weight excluding hydrogens is 374 g/mol. The first-order valence-corrected chi connectivity index (χ1v) is 11.7. The van der Waals surface area contributed by atoms with Gasteiger partial charge < -0.3 is 14.8 Å². The summed E-state index contributed by atoms with van der Waals surface area (Å²) in [4.78, 5) is 11.9. The average Bonchev–Trinajstić information content (AvgIpc) is 3.07. The van der Waals surface area contributed by atoms with E-state index in [0.717, 1.165) is 32.1 Å². The quantitative estimate of drug-likeness (QED) is 0.233. The highest BCUT2D eigenvalue weighted by atomic mass is 16.7. The number of hydrogen-bond acceptors (Lipinski definition) is 3. The minimum atomic E-state index is -0.532. The van der Waals surface area contributed by atoms with Crippen LogP contribution >= 0.6 is 0 Å². The molecule has 1 heterocycles. The Morgan fingerprint density at radius 2 is 1.47 bits per heavy atom. The molecule has 1 unspecified atom stereocenters. The van der Waals surface area contributed by atoms with Gasteiger partial charge in [0.25, 0.3) is 0 Å². The van der Waals surface area contributed by atoms with Gasteiger partial charge in [-0.15, -0.1) is 0 Å². The predicted octanol–water partition coefficient (Wildman–Crippen LogP) is 6.40. The highest BCUT2D eigenvalue weighted by Crippen LogP contribution is 2.21. The van der Waals surface area contributed by atoms with Crippen LogP contribution in [-0.4, -0.2) is 30.9 Å². The molecule has 1 amide bonds. The summed E-state index contributed by atoms with van der Waals surface area (Å²) in [6, 6.07) is 0. The summed E-state index contributed by atoms with van der Waals surface area (Å²) in [6.45, 7) is 7.08. The van der Waals surface area contributed by atoms with E-state index in [9.17, 15) is 4.79 Å². The van der Waals surface area contributed by atoms with E-state index < -0.39 is 5.79 Å². The van der Waals surface area contributed by atoms with Gasteiger partial charge in [-0.2, -0.15) is 0 Å². The van der Waals surface area contributed by atoms with Gasteiger partial charge in [-0.25, -0.2) is 0 Å². The zero-order valence-electron chi connectivity index (χ0n) is 19.4. The number of nitrogens with one attached hydrogen (secondary N) is 1. The van der Waals surface area contributed by atoms with Crippen LogP contribution in [0.15, 0.2) is 48.6 Å². The lowest BCUT2D eigenvalue weighted by Gasteiger charge is -2.17. The molecule has 170 valence electrons. The fraction of sp³-hybridized carbons (Fsp3) is 0.654. The van der Waals surface area contributed by atoms with E-state index >= 15 is 0 Å². The highest BCUT2D eigenvalue weighted by molar-refractivity contribution is 5.75. The van der Waals surface area contributed by atoms with Crippen molar-refractivity contribution < 1.29 is 14.3 Å². The molecule has 1 fully saturated rings. The summed E-state index contributed by atoms with van der Waals surface area (Å²) in [6.07, 6.45) is 28.2. The Kier molecular flexibility index (Phi) is 15.0. The fourth-order valence-corrected chi connectivity index (χ4v) is 3.12. The third-order valence-electron chi connectivity index (χ3n) is 4.83. The molecular formula is C26H43NO3. The van der Waals surface area contributed by atoms with Gasteiger partial charge in [-0.3, -0.25) is 4.79 Å². The summed E-state index contributed by atoms with van der Waals surface area (Å²) in [5.41, 5.74) is 0. The molecule has 4 nitrogen and oxygen atoms in total. The number of ether oxygens (including phenoxy) is 2. The van der Waals surface area contributed by atoms with Crippen LogP contribution in [0.5, 0.6) is 0 Å². The van der Waals surface area contributed by atoms with Crippen LogP contribution in [0, 0.1) is 0 Å². The maximum Gasteiger partial charge on any atom is 0.220 e. The SMILES string of the molecule is CCCCC/C=C\C/C=C\C/C=C\C/C=C\CCCC(=O)NCC1COC(C)(C)O1. The second kappa shape index (κ2) is 17.1. The summed E-state index contributed by atoms with van der Waals surface area (Å²) in [5, 5.41) is 2.93. The Balaban J connectivity index is 1.92. The van der Waals surface area contributed by atoms with E-state index in [1.165, 1.54) is 25.7 Å². The number of carbonyl (C=O) groups excluding carboxylic acids is 1. The molecule has 4 heteroatoms. The molecule has 30 heavy (non-hydrogen) atoms. The van der Waals surface area contributed by atoms with Crippen molar-refractivity contribution in [1.82, 2.24) is 5.32 Å². The summed E-state index contributed by atoms with van der Waals surface area (Å²) in [5.74, 6) is -0.449. The van der Waals surface area contributed by atoms with Gasteiger partial charge in [0.2, 0.25) is 5.91 Å². The lowest BCUT2D eigenvalue weighted by atomic mass is 10.2. The van der Waals surface area contributed by atoms with Crippen molar-refractivity contribution in [3.63, 3.8) is 0 Å². The molecule has 0 spiro atoms. The largest absolute Gasteiger partial charge is 0.353 e. The molecule has 0 aliphatic carbocycles. The van der Waals surface area contributed by atoms with Crippen LogP contribution in [0.3, 0.4) is 0 Å². The average molecular weight is 418 g/mol. The minimum Gasteiger partial charge on any atom is -0.353 e. The highest BCUT2D eigenvalue weighted by Gasteiger charge is 2.32. The number of hydrogen-bond donors (Lipinski definition) is 1. The Morgan fingerprint density at radius 1 is 0.900 bits per heavy atom. The first kappa shape index (κ1) is 26.4. The number of amides is 1. The lowest BCUT2D eigenvalue weighted by molar-refractivity contribution is -0.139. The molecule has 0 aromatic rings. The second-order valence-corrected chi connectivity index (χ2v) is 8.24. The maximum atomic E-state index is 11.9. The van der Waals surface area contributed by atoms with Gasteiger partial charge in [-0.05, 0) is 58.8 Å². The normalized spacial score (nSPS) is 19.1. The predicted molar refractivity (Wildman–Crippen MR) is 126 cm³/mol. The first-order chi connectivity index (χ1) is 14.5. The lowest BCUT2D eigenvalue weighted by Crippen LogP contribution is -2.34. The van der Waals surface area contributed by atoms with Gasteiger partial charge in [0.05, 0.1) is 6.61 Å². The monoisotopic (exact) mass is 417 g/mol. The van der Waals surface area contributed by atoms with Crippen LogP contribution in [0.4, 0.5) is 0 Å². The van der Waals surface area contributed by atoms with Crippen molar-refractivity contribution in [3.8, 4) is 0 Å². The first-order valence-electron chi connectivity index (χ1n) is 11.7. The summed E-state index contributed by atoms with van der Waals surface area (Å²) < 4.78 is 11.2. The van der Waals surface area contributed by atoms with Crippen molar-refractivity contribution in [3.05, 3.63) is 48.6 Å². The van der Waals surface area contributed by atoms with Crippen molar-refractivity contribution in [1.29, 1.82) is 0 Å². The van der Waals surface area contributed by atoms with Gasteiger partial charge in [0.15, 0.2) is 5.79 Å². The Hall–Kier alpha value is -1.65. The molecule has 0 saturated carbocycles. The van der Waals surface area contributed by atoms with Gasteiger partial charge >= 0.3 is 0 Å². The number of rotatable bonds is 16. The summed E-state index contributed by atoms with van der Waals surface area (Å²) in [7, 11) is 0. The maximum absolute atomic E-state index is 11.9. The van der Waals surface area contributed by atoms with E-state index in [1.54, 1.807) is 0 Å². The Labute approximate surface area is 184 Å². The number of allylic oxidation sites excluding steroid dienone is 8. The summed E-state index contributed by atoms with van der Waals surface area (Å²) >= 11 is 0. The Morgan fingerprint density at radius 3 is 2.00 bits per heavy atom. The molecule has 1 aliphatic heterocycles. The molecule has 0 bridgehead atoms. The third-order valence-corrected chi connectivity index (χ3v) is 4.83. The van der Waals surface area contributed by atoms with E-state index in [-0.39, 0.29) is 12.0 Å². The molecule has 1 N–H and O–H groups in total. The zero-order valence-corrected chi connectivity index (χ0v) is 19.4. The van der Waals surface area contributed by atoms with E-state index in [4.69, 9.17) is 9.47 Å². The standard InChI is InChI=1S/C26H43NO3/c1-4-5-6-7-8-9-10-11-12-13-14-15-16-17-18-19-20-21-25(28)27-22-24-23-29-26(2,3)30-24/h8-9,11-12,14-15,17-18,24H,4-7,10,13,16,19-23H2,1-3H3,(H,27,28)/b9-8-,12-11-,15-14-,18-17-. The number of carbonyl (C=O) groups is 1. The van der Waals surface area contributed by atoms with Gasteiger partial charge in [0.1, 0.15) is 6.10 Å². The van der Waals surface area contributed by atoms with Crippen LogP contribution in [0.2, 0.25) is 0 Å². The van der Waals surface area contributed by atoms with E-state index in [1.807, 2.05) is 13.8 Å². The van der Waals surface area contributed by atoms with Crippen molar-refractivity contribution in [2.45, 2.75) is 96.9 Å². The van der Waals surface area contributed by atoms with Crippen LogP contribution in [-0.2, 0) is 14.3 Å². The molecule has 0 aromatic carbocycles. The van der Waals surface area contributed by atoms with Crippen molar-refractivity contribution in [2.75, 3.05) is 13.2 Å². The molecule has 0 radical (unpaired) electrons. The second-order valence-electron chi connectivity index (χ2n) is 8.24. The number of unbranched alkanes of at least 4 members (excludes halogenated alkanes) is 4. The molecule has 1 aliphatic rings. The topological polar surface area (TPSA) is 47.6 Å². The Bertz CT molecular complexity index is 561.